The van der Waals surface area contributed by atoms with Gasteiger partial charge in [-0.3, -0.25) is 14.4 Å². The summed E-state index contributed by atoms with van der Waals surface area (Å²) >= 11 is 0. The average Bonchev–Trinajstić information content (AvgIpc) is 3.26. The fourth-order valence-electron chi connectivity index (χ4n) is 3.85. The van der Waals surface area contributed by atoms with Gasteiger partial charge in [-0.05, 0) is 37.8 Å². The van der Waals surface area contributed by atoms with Crippen molar-refractivity contribution >= 4 is 5.91 Å². The summed E-state index contributed by atoms with van der Waals surface area (Å²) in [6, 6.07) is 13.0. The van der Waals surface area contributed by atoms with Crippen LogP contribution in [-0.4, -0.2) is 39.2 Å². The number of benzene rings is 1. The van der Waals surface area contributed by atoms with Crippen molar-refractivity contribution in [2.24, 2.45) is 0 Å². The van der Waals surface area contributed by atoms with E-state index in [9.17, 15) is 4.79 Å². The molecule has 5 heteroatoms. The molecule has 0 spiro atoms. The van der Waals surface area contributed by atoms with Gasteiger partial charge in [0.25, 0.3) is 5.91 Å². The molecule has 0 aliphatic carbocycles. The highest BCUT2D eigenvalue weighted by atomic mass is 16.2. The Morgan fingerprint density at radius 1 is 1.29 bits per heavy atom. The van der Waals surface area contributed by atoms with Crippen molar-refractivity contribution in [2.45, 2.75) is 51.4 Å². The average molecular weight is 324 g/mol. The zero-order valence-corrected chi connectivity index (χ0v) is 14.1. The molecule has 2 unspecified atom stereocenters. The van der Waals surface area contributed by atoms with E-state index < -0.39 is 0 Å². The van der Waals surface area contributed by atoms with E-state index >= 15 is 0 Å². The second kappa shape index (κ2) is 6.40. The zero-order chi connectivity index (χ0) is 16.5. The van der Waals surface area contributed by atoms with Crippen molar-refractivity contribution in [2.75, 3.05) is 6.54 Å². The third kappa shape index (κ3) is 2.96. The lowest BCUT2D eigenvalue weighted by Gasteiger charge is -2.25. The van der Waals surface area contributed by atoms with Crippen LogP contribution in [0.5, 0.6) is 0 Å². The van der Waals surface area contributed by atoms with E-state index in [2.05, 4.69) is 46.5 Å². The summed E-state index contributed by atoms with van der Waals surface area (Å²) in [6.45, 7) is 5.09. The third-order valence-corrected chi connectivity index (χ3v) is 5.33. The Labute approximate surface area is 142 Å². The van der Waals surface area contributed by atoms with Crippen LogP contribution in [-0.2, 0) is 19.5 Å². The van der Waals surface area contributed by atoms with E-state index in [1.165, 1.54) is 11.3 Å². The summed E-state index contributed by atoms with van der Waals surface area (Å²) in [4.78, 5) is 14.9. The molecule has 1 aromatic heterocycles. The van der Waals surface area contributed by atoms with Gasteiger partial charge >= 0.3 is 0 Å². The van der Waals surface area contributed by atoms with Crippen LogP contribution in [0, 0.1) is 0 Å². The minimum atomic E-state index is -0.0321. The highest BCUT2D eigenvalue weighted by Crippen LogP contribution is 2.21. The molecule has 4 rings (SSSR count). The van der Waals surface area contributed by atoms with E-state index in [-0.39, 0.29) is 11.9 Å². The first-order valence-corrected chi connectivity index (χ1v) is 8.86. The quantitative estimate of drug-likeness (QED) is 0.938. The maximum absolute atomic E-state index is 12.5. The second-order valence-corrected chi connectivity index (χ2v) is 6.91. The third-order valence-electron chi connectivity index (χ3n) is 5.33. The Morgan fingerprint density at radius 2 is 2.12 bits per heavy atom. The van der Waals surface area contributed by atoms with Crippen molar-refractivity contribution < 1.29 is 4.79 Å². The first kappa shape index (κ1) is 15.4. The van der Waals surface area contributed by atoms with Crippen molar-refractivity contribution in [1.29, 1.82) is 0 Å². The van der Waals surface area contributed by atoms with Gasteiger partial charge in [0, 0.05) is 37.4 Å². The molecular weight excluding hydrogens is 300 g/mol. The molecule has 1 aromatic carbocycles. The standard InChI is InChI=1S/C19H24N4O/c1-14-17(9-11-22(14)13-15-6-3-2-4-7-15)20-19(24)18-12-16-8-5-10-23(16)21-18/h2-4,6-7,12,14,17H,5,8-11,13H2,1H3,(H,20,24). The minimum absolute atomic E-state index is 0.0321. The van der Waals surface area contributed by atoms with Gasteiger partial charge in [-0.1, -0.05) is 30.3 Å². The van der Waals surface area contributed by atoms with Gasteiger partial charge in [0.05, 0.1) is 0 Å². The Morgan fingerprint density at radius 3 is 2.92 bits per heavy atom. The van der Waals surface area contributed by atoms with Gasteiger partial charge in [0.15, 0.2) is 0 Å². The van der Waals surface area contributed by atoms with Gasteiger partial charge in [-0.25, -0.2) is 0 Å². The summed E-state index contributed by atoms with van der Waals surface area (Å²) in [7, 11) is 0. The maximum Gasteiger partial charge on any atom is 0.272 e. The van der Waals surface area contributed by atoms with Crippen molar-refractivity contribution in [3.05, 3.63) is 53.3 Å². The lowest BCUT2D eigenvalue weighted by molar-refractivity contribution is 0.0921. The predicted octanol–water partition coefficient (Wildman–Crippen LogP) is 2.22. The van der Waals surface area contributed by atoms with Crippen LogP contribution in [0.15, 0.2) is 36.4 Å². The molecule has 1 N–H and O–H groups in total. The molecule has 5 nitrogen and oxygen atoms in total. The first-order valence-electron chi connectivity index (χ1n) is 8.86. The molecule has 2 aliphatic heterocycles. The Kier molecular flexibility index (Phi) is 4.10. The first-order chi connectivity index (χ1) is 11.7. The van der Waals surface area contributed by atoms with E-state index in [0.29, 0.717) is 11.7 Å². The van der Waals surface area contributed by atoms with Gasteiger partial charge in [0.1, 0.15) is 5.69 Å². The van der Waals surface area contributed by atoms with E-state index in [1.807, 2.05) is 16.8 Å². The molecule has 0 radical (unpaired) electrons. The fraction of sp³-hybridized carbons (Fsp3) is 0.474. The number of amides is 1. The number of hydrogen-bond donors (Lipinski definition) is 1. The normalized spacial score (nSPS) is 23.4. The summed E-state index contributed by atoms with van der Waals surface area (Å²) in [5.74, 6) is -0.0321. The summed E-state index contributed by atoms with van der Waals surface area (Å²) in [5, 5.41) is 7.63. The van der Waals surface area contributed by atoms with E-state index in [4.69, 9.17) is 0 Å². The summed E-state index contributed by atoms with van der Waals surface area (Å²) in [5.41, 5.74) is 3.07. The van der Waals surface area contributed by atoms with Crippen molar-refractivity contribution in [1.82, 2.24) is 20.0 Å². The lowest BCUT2D eigenvalue weighted by Crippen LogP contribution is -2.43. The SMILES string of the molecule is CC1C(NC(=O)c2cc3n(n2)CCC3)CCN1Cc1ccccc1. The topological polar surface area (TPSA) is 50.2 Å². The number of aromatic nitrogens is 2. The predicted molar refractivity (Wildman–Crippen MR) is 92.7 cm³/mol. The number of hydrogen-bond acceptors (Lipinski definition) is 3. The highest BCUT2D eigenvalue weighted by molar-refractivity contribution is 5.92. The monoisotopic (exact) mass is 324 g/mol. The molecule has 0 bridgehead atoms. The Balaban J connectivity index is 1.37. The second-order valence-electron chi connectivity index (χ2n) is 6.91. The molecule has 1 amide bonds. The highest BCUT2D eigenvalue weighted by Gasteiger charge is 2.32. The van der Waals surface area contributed by atoms with Gasteiger partial charge < -0.3 is 5.32 Å². The number of carbonyl (C=O) groups excluding carboxylic acids is 1. The maximum atomic E-state index is 12.5. The van der Waals surface area contributed by atoms with Crippen molar-refractivity contribution in [3.63, 3.8) is 0 Å². The van der Waals surface area contributed by atoms with Crippen LogP contribution < -0.4 is 5.32 Å². The molecule has 2 aliphatic rings. The summed E-state index contributed by atoms with van der Waals surface area (Å²) < 4.78 is 1.97. The molecule has 2 atom stereocenters. The number of likely N-dealkylation sites (tertiary alicyclic amines) is 1. The van der Waals surface area contributed by atoms with Crippen LogP contribution >= 0.6 is 0 Å². The van der Waals surface area contributed by atoms with Crippen LogP contribution in [0.25, 0.3) is 0 Å². The number of aryl methyl sites for hydroxylation is 2. The van der Waals surface area contributed by atoms with Gasteiger partial charge in [-0.15, -0.1) is 0 Å². The molecule has 1 fully saturated rings. The summed E-state index contributed by atoms with van der Waals surface area (Å²) in [6.07, 6.45) is 3.16. The minimum Gasteiger partial charge on any atom is -0.346 e. The Hall–Kier alpha value is -2.14. The molecule has 24 heavy (non-hydrogen) atoms. The number of carbonyl (C=O) groups is 1. The van der Waals surface area contributed by atoms with Crippen LogP contribution in [0.1, 0.15) is 41.5 Å². The van der Waals surface area contributed by atoms with Gasteiger partial charge in [0.2, 0.25) is 0 Å². The lowest BCUT2D eigenvalue weighted by atomic mass is 10.1. The van der Waals surface area contributed by atoms with Crippen LogP contribution in [0.3, 0.4) is 0 Å². The van der Waals surface area contributed by atoms with Crippen LogP contribution in [0.2, 0.25) is 0 Å². The molecule has 0 saturated carbocycles. The number of fused-ring (bicyclic) bond motifs is 1. The number of nitrogens with one attached hydrogen (secondary N) is 1. The largest absolute Gasteiger partial charge is 0.346 e. The zero-order valence-electron chi connectivity index (χ0n) is 14.1. The fourth-order valence-corrected chi connectivity index (χ4v) is 3.85. The van der Waals surface area contributed by atoms with Crippen LogP contribution in [0.4, 0.5) is 0 Å². The van der Waals surface area contributed by atoms with E-state index in [1.54, 1.807) is 0 Å². The number of nitrogens with zero attached hydrogens (tertiary/aromatic N) is 3. The molecule has 3 heterocycles. The molecule has 126 valence electrons. The van der Waals surface area contributed by atoms with Crippen molar-refractivity contribution in [3.8, 4) is 0 Å². The van der Waals surface area contributed by atoms with Gasteiger partial charge in [-0.2, -0.15) is 5.10 Å². The molecule has 1 saturated heterocycles. The molecular formula is C19H24N4O. The smallest absolute Gasteiger partial charge is 0.272 e. The van der Waals surface area contributed by atoms with E-state index in [0.717, 1.165) is 38.9 Å². The molecule has 2 aromatic rings. The number of rotatable bonds is 4. The Bertz CT molecular complexity index is 703.